The highest BCUT2D eigenvalue weighted by atomic mass is 16.4. The lowest BCUT2D eigenvalue weighted by molar-refractivity contribution is 0.0691. The predicted molar refractivity (Wildman–Crippen MR) is 118 cm³/mol. The van der Waals surface area contributed by atoms with Gasteiger partial charge in [0.25, 0.3) is 5.91 Å². The van der Waals surface area contributed by atoms with Gasteiger partial charge >= 0.3 is 5.97 Å². The van der Waals surface area contributed by atoms with Gasteiger partial charge in [-0.15, -0.1) is 0 Å². The Labute approximate surface area is 181 Å². The number of carboxylic acid groups (broad SMARTS) is 1. The monoisotopic (exact) mass is 410 g/mol. The number of carbonyl (C=O) groups excluding carboxylic acids is 1. The first-order chi connectivity index (χ1) is 15.0. The fourth-order valence-corrected chi connectivity index (χ4v) is 4.04. The zero-order valence-electron chi connectivity index (χ0n) is 17.0. The highest BCUT2D eigenvalue weighted by molar-refractivity contribution is 5.94. The molecule has 4 rings (SSSR count). The lowest BCUT2D eigenvalue weighted by Gasteiger charge is -2.32. The van der Waals surface area contributed by atoms with Crippen LogP contribution in [0.2, 0.25) is 0 Å². The van der Waals surface area contributed by atoms with Gasteiger partial charge in [-0.2, -0.15) is 5.26 Å². The van der Waals surface area contributed by atoms with Crippen molar-refractivity contribution in [1.82, 2.24) is 4.90 Å². The van der Waals surface area contributed by atoms with Gasteiger partial charge in [0.15, 0.2) is 0 Å². The van der Waals surface area contributed by atoms with Crippen molar-refractivity contribution in [3.05, 3.63) is 95.1 Å². The summed E-state index contributed by atoms with van der Waals surface area (Å²) in [6, 6.07) is 24.1. The van der Waals surface area contributed by atoms with E-state index >= 15 is 0 Å². The summed E-state index contributed by atoms with van der Waals surface area (Å²) in [6.07, 6.45) is 1.73. The first-order valence-electron chi connectivity index (χ1n) is 10.3. The van der Waals surface area contributed by atoms with Crippen LogP contribution in [-0.4, -0.2) is 35.0 Å². The molecule has 5 nitrogen and oxygen atoms in total. The van der Waals surface area contributed by atoms with Gasteiger partial charge in [-0.05, 0) is 71.8 Å². The molecule has 0 unspecified atom stereocenters. The smallest absolute Gasteiger partial charge is 0.335 e. The molecule has 0 bridgehead atoms. The summed E-state index contributed by atoms with van der Waals surface area (Å²) < 4.78 is 0. The van der Waals surface area contributed by atoms with Crippen LogP contribution in [-0.2, 0) is 0 Å². The molecule has 0 aliphatic carbocycles. The van der Waals surface area contributed by atoms with Crippen molar-refractivity contribution < 1.29 is 14.7 Å². The highest BCUT2D eigenvalue weighted by Crippen LogP contribution is 2.29. The summed E-state index contributed by atoms with van der Waals surface area (Å²) in [5.74, 6) is -0.547. The van der Waals surface area contributed by atoms with Crippen molar-refractivity contribution >= 4 is 11.9 Å². The second kappa shape index (κ2) is 8.85. The van der Waals surface area contributed by atoms with E-state index in [1.807, 2.05) is 53.4 Å². The third kappa shape index (κ3) is 4.49. The molecule has 1 fully saturated rings. The van der Waals surface area contributed by atoms with Crippen LogP contribution in [0, 0.1) is 11.3 Å². The van der Waals surface area contributed by atoms with Crippen molar-refractivity contribution in [2.45, 2.75) is 18.8 Å². The zero-order chi connectivity index (χ0) is 21.8. The van der Waals surface area contributed by atoms with Crippen molar-refractivity contribution in [2.75, 3.05) is 13.1 Å². The molecular formula is C26H22N2O3. The van der Waals surface area contributed by atoms with Crippen LogP contribution in [0.5, 0.6) is 0 Å². The Bertz CT molecular complexity index is 1120. The van der Waals surface area contributed by atoms with Crippen molar-refractivity contribution in [1.29, 1.82) is 5.26 Å². The molecule has 154 valence electrons. The summed E-state index contributed by atoms with van der Waals surface area (Å²) in [7, 11) is 0. The van der Waals surface area contributed by atoms with E-state index in [1.165, 1.54) is 0 Å². The molecule has 1 N–H and O–H groups in total. The normalized spacial score (nSPS) is 14.1. The molecule has 3 aromatic rings. The van der Waals surface area contributed by atoms with Crippen molar-refractivity contribution in [3.8, 4) is 17.2 Å². The number of hydrogen-bond donors (Lipinski definition) is 1. The van der Waals surface area contributed by atoms with Gasteiger partial charge in [-0.1, -0.05) is 36.4 Å². The molecule has 1 aliphatic rings. The van der Waals surface area contributed by atoms with Crippen LogP contribution < -0.4 is 0 Å². The Balaban J connectivity index is 1.38. The minimum absolute atomic E-state index is 0.0334. The van der Waals surface area contributed by atoms with Crippen molar-refractivity contribution in [3.63, 3.8) is 0 Å². The number of nitriles is 1. The number of amides is 1. The van der Waals surface area contributed by atoms with Gasteiger partial charge in [0, 0.05) is 18.7 Å². The lowest BCUT2D eigenvalue weighted by atomic mass is 9.88. The minimum atomic E-state index is -0.919. The lowest BCUT2D eigenvalue weighted by Crippen LogP contribution is -2.37. The number of nitrogens with zero attached hydrogens (tertiary/aromatic N) is 2. The van der Waals surface area contributed by atoms with Gasteiger partial charge in [0.2, 0.25) is 0 Å². The third-order valence-electron chi connectivity index (χ3n) is 5.89. The van der Waals surface area contributed by atoms with E-state index in [2.05, 4.69) is 6.07 Å². The molecule has 1 saturated heterocycles. The maximum atomic E-state index is 12.9. The molecule has 0 aromatic heterocycles. The van der Waals surface area contributed by atoms with Crippen LogP contribution in [0.15, 0.2) is 72.8 Å². The molecule has 0 saturated carbocycles. The number of benzene rings is 3. The summed E-state index contributed by atoms with van der Waals surface area (Å²) in [5.41, 5.74) is 4.72. The summed E-state index contributed by atoms with van der Waals surface area (Å²) in [6.45, 7) is 1.36. The Morgan fingerprint density at radius 3 is 1.84 bits per heavy atom. The first-order valence-corrected chi connectivity index (χ1v) is 10.3. The molecule has 5 heteroatoms. The summed E-state index contributed by atoms with van der Waals surface area (Å²) >= 11 is 0. The van der Waals surface area contributed by atoms with Gasteiger partial charge in [0.05, 0.1) is 17.2 Å². The Morgan fingerprint density at radius 1 is 0.806 bits per heavy atom. The third-order valence-corrected chi connectivity index (χ3v) is 5.89. The van der Waals surface area contributed by atoms with Crippen LogP contribution in [0.4, 0.5) is 0 Å². The number of carboxylic acids is 1. The van der Waals surface area contributed by atoms with E-state index in [0.717, 1.165) is 29.5 Å². The van der Waals surface area contributed by atoms with E-state index in [9.17, 15) is 9.59 Å². The van der Waals surface area contributed by atoms with Gasteiger partial charge < -0.3 is 10.0 Å². The highest BCUT2D eigenvalue weighted by Gasteiger charge is 2.24. The molecular weight excluding hydrogens is 388 g/mol. The number of piperidine rings is 1. The van der Waals surface area contributed by atoms with Gasteiger partial charge in [0.1, 0.15) is 0 Å². The Morgan fingerprint density at radius 2 is 1.32 bits per heavy atom. The number of rotatable bonds is 4. The molecule has 1 amide bonds. The van der Waals surface area contributed by atoms with Crippen LogP contribution >= 0.6 is 0 Å². The second-order valence-corrected chi connectivity index (χ2v) is 7.76. The molecule has 1 heterocycles. The van der Waals surface area contributed by atoms with E-state index in [0.29, 0.717) is 35.7 Å². The number of likely N-dealkylation sites (tertiary alicyclic amines) is 1. The fourth-order valence-electron chi connectivity index (χ4n) is 4.04. The number of hydrogen-bond acceptors (Lipinski definition) is 3. The van der Waals surface area contributed by atoms with Crippen LogP contribution in [0.1, 0.15) is 50.6 Å². The first kappa shape index (κ1) is 20.4. The molecule has 3 aromatic carbocycles. The number of carbonyl (C=O) groups is 2. The predicted octanol–water partition coefficient (Wildman–Crippen LogP) is 4.94. The fraction of sp³-hybridized carbons (Fsp3) is 0.192. The van der Waals surface area contributed by atoms with E-state index in [1.54, 1.807) is 24.3 Å². The minimum Gasteiger partial charge on any atom is -0.478 e. The number of aromatic carboxylic acids is 1. The van der Waals surface area contributed by atoms with Crippen molar-refractivity contribution in [2.24, 2.45) is 0 Å². The van der Waals surface area contributed by atoms with E-state index in [-0.39, 0.29) is 5.91 Å². The second-order valence-electron chi connectivity index (χ2n) is 7.76. The van der Waals surface area contributed by atoms with Crippen LogP contribution in [0.25, 0.3) is 11.1 Å². The molecule has 1 aliphatic heterocycles. The largest absolute Gasteiger partial charge is 0.478 e. The van der Waals surface area contributed by atoms with E-state index < -0.39 is 5.97 Å². The summed E-state index contributed by atoms with van der Waals surface area (Å²) in [5, 5.41) is 18.0. The molecule has 31 heavy (non-hydrogen) atoms. The zero-order valence-corrected chi connectivity index (χ0v) is 17.0. The Kier molecular flexibility index (Phi) is 5.81. The van der Waals surface area contributed by atoms with E-state index in [4.69, 9.17) is 10.4 Å². The van der Waals surface area contributed by atoms with Gasteiger partial charge in [-0.3, -0.25) is 4.79 Å². The molecule has 0 atom stereocenters. The standard InChI is InChI=1S/C26H22N2O3/c27-17-18-1-3-19(4-2-18)20-5-9-23(10-6-20)25(29)28-15-13-22(14-16-28)21-7-11-24(12-8-21)26(30)31/h1-12,22H,13-16H2,(H,30,31). The maximum absolute atomic E-state index is 12.9. The van der Waals surface area contributed by atoms with Gasteiger partial charge in [-0.25, -0.2) is 4.79 Å². The average Bonchev–Trinajstić information content (AvgIpc) is 2.84. The maximum Gasteiger partial charge on any atom is 0.335 e. The summed E-state index contributed by atoms with van der Waals surface area (Å²) in [4.78, 5) is 25.8. The SMILES string of the molecule is N#Cc1ccc(-c2ccc(C(=O)N3CCC(c4ccc(C(=O)O)cc4)CC3)cc2)cc1. The molecule has 0 radical (unpaired) electrons. The topological polar surface area (TPSA) is 81.4 Å². The average molecular weight is 410 g/mol. The molecule has 0 spiro atoms. The van der Waals surface area contributed by atoms with Crippen LogP contribution in [0.3, 0.4) is 0 Å². The quantitative estimate of drug-likeness (QED) is 0.660. The Hall–Kier alpha value is -3.91.